The second kappa shape index (κ2) is 9.59. The summed E-state index contributed by atoms with van der Waals surface area (Å²) < 4.78 is 11.7. The standard InChI is InChI=1S/C18H35N3O3/c1-4-18(5-2,14-22)13-20-17(19-6-3)21-9-11-24-16(12-21)15-8-7-10-23-15/h15-16,22H,4-14H2,1-3H3,(H,19,20). The van der Waals surface area contributed by atoms with Crippen molar-refractivity contribution in [3.05, 3.63) is 0 Å². The number of hydrogen-bond donors (Lipinski definition) is 2. The lowest BCUT2D eigenvalue weighted by molar-refractivity contribution is -0.0817. The zero-order valence-electron chi connectivity index (χ0n) is 15.6. The van der Waals surface area contributed by atoms with Crippen LogP contribution in [0.2, 0.25) is 0 Å². The van der Waals surface area contributed by atoms with Crippen LogP contribution < -0.4 is 5.32 Å². The summed E-state index contributed by atoms with van der Waals surface area (Å²) in [6.45, 7) is 11.3. The van der Waals surface area contributed by atoms with E-state index >= 15 is 0 Å². The smallest absolute Gasteiger partial charge is 0.194 e. The number of nitrogens with zero attached hydrogens (tertiary/aromatic N) is 2. The summed E-state index contributed by atoms with van der Waals surface area (Å²) in [6.07, 6.45) is 4.44. The Morgan fingerprint density at radius 2 is 1.96 bits per heavy atom. The molecule has 0 aliphatic carbocycles. The van der Waals surface area contributed by atoms with Gasteiger partial charge in [-0.15, -0.1) is 0 Å². The molecule has 2 atom stereocenters. The van der Waals surface area contributed by atoms with Crippen LogP contribution in [-0.4, -0.2) is 74.2 Å². The number of guanidine groups is 1. The lowest BCUT2D eigenvalue weighted by Gasteiger charge is -2.37. The second-order valence-electron chi connectivity index (χ2n) is 6.94. The van der Waals surface area contributed by atoms with Gasteiger partial charge in [0.2, 0.25) is 0 Å². The third-order valence-corrected chi connectivity index (χ3v) is 5.51. The van der Waals surface area contributed by atoms with Crippen molar-refractivity contribution in [3.8, 4) is 0 Å². The van der Waals surface area contributed by atoms with E-state index in [2.05, 4.69) is 31.0 Å². The summed E-state index contributed by atoms with van der Waals surface area (Å²) in [6, 6.07) is 0. The van der Waals surface area contributed by atoms with Crippen molar-refractivity contribution >= 4 is 5.96 Å². The van der Waals surface area contributed by atoms with E-state index in [-0.39, 0.29) is 24.2 Å². The van der Waals surface area contributed by atoms with Crippen molar-refractivity contribution in [2.24, 2.45) is 10.4 Å². The predicted molar refractivity (Wildman–Crippen MR) is 96.4 cm³/mol. The average molecular weight is 341 g/mol. The molecule has 0 aromatic rings. The highest BCUT2D eigenvalue weighted by molar-refractivity contribution is 5.80. The molecule has 2 rings (SSSR count). The number of rotatable bonds is 7. The molecule has 6 nitrogen and oxygen atoms in total. The molecular formula is C18H35N3O3. The third kappa shape index (κ3) is 4.83. The molecule has 0 aromatic carbocycles. The molecule has 2 unspecified atom stereocenters. The van der Waals surface area contributed by atoms with Crippen molar-refractivity contribution in [2.75, 3.05) is 46.0 Å². The molecule has 0 radical (unpaired) electrons. The number of ether oxygens (including phenoxy) is 2. The molecule has 140 valence electrons. The van der Waals surface area contributed by atoms with E-state index in [0.717, 1.165) is 57.9 Å². The molecule has 0 bridgehead atoms. The van der Waals surface area contributed by atoms with E-state index in [1.807, 2.05) is 0 Å². The van der Waals surface area contributed by atoms with Gasteiger partial charge in [0.25, 0.3) is 0 Å². The first kappa shape index (κ1) is 19.5. The minimum atomic E-state index is -0.110. The van der Waals surface area contributed by atoms with E-state index < -0.39 is 0 Å². The molecule has 2 N–H and O–H groups in total. The maximum absolute atomic E-state index is 9.78. The zero-order chi connectivity index (χ0) is 17.4. The first-order valence-electron chi connectivity index (χ1n) is 9.55. The molecule has 24 heavy (non-hydrogen) atoms. The molecule has 2 heterocycles. The van der Waals surface area contributed by atoms with E-state index in [1.165, 1.54) is 0 Å². The van der Waals surface area contributed by atoms with Gasteiger partial charge in [0, 0.05) is 31.7 Å². The Kier molecular flexibility index (Phi) is 7.78. The number of aliphatic imine (C=N–C) groups is 1. The second-order valence-corrected chi connectivity index (χ2v) is 6.94. The molecule has 0 amide bonds. The van der Waals surface area contributed by atoms with Crippen LogP contribution in [0.1, 0.15) is 46.5 Å². The fourth-order valence-electron chi connectivity index (χ4n) is 3.40. The highest BCUT2D eigenvalue weighted by Gasteiger charge is 2.32. The van der Waals surface area contributed by atoms with Crippen LogP contribution in [0.5, 0.6) is 0 Å². The van der Waals surface area contributed by atoms with Crippen LogP contribution in [0, 0.1) is 5.41 Å². The van der Waals surface area contributed by atoms with Gasteiger partial charge in [0.1, 0.15) is 6.10 Å². The molecule has 0 spiro atoms. The maximum atomic E-state index is 9.78. The van der Waals surface area contributed by atoms with Crippen molar-refractivity contribution in [2.45, 2.75) is 58.7 Å². The van der Waals surface area contributed by atoms with Crippen molar-refractivity contribution in [1.29, 1.82) is 0 Å². The molecular weight excluding hydrogens is 306 g/mol. The van der Waals surface area contributed by atoms with Gasteiger partial charge in [-0.1, -0.05) is 13.8 Å². The highest BCUT2D eigenvalue weighted by Crippen LogP contribution is 2.26. The van der Waals surface area contributed by atoms with Crippen molar-refractivity contribution < 1.29 is 14.6 Å². The van der Waals surface area contributed by atoms with Crippen LogP contribution in [0.25, 0.3) is 0 Å². The fraction of sp³-hybridized carbons (Fsp3) is 0.944. The number of aliphatic hydroxyl groups excluding tert-OH is 1. The summed E-state index contributed by atoms with van der Waals surface area (Å²) >= 11 is 0. The molecule has 0 aromatic heterocycles. The van der Waals surface area contributed by atoms with E-state index in [0.29, 0.717) is 13.2 Å². The van der Waals surface area contributed by atoms with Gasteiger partial charge in [-0.2, -0.15) is 0 Å². The van der Waals surface area contributed by atoms with Gasteiger partial charge in [0.05, 0.1) is 25.9 Å². The summed E-state index contributed by atoms with van der Waals surface area (Å²) in [5.74, 6) is 0.934. The molecule has 2 saturated heterocycles. The van der Waals surface area contributed by atoms with Gasteiger partial charge >= 0.3 is 0 Å². The Hall–Kier alpha value is -0.850. The number of nitrogens with one attached hydrogen (secondary N) is 1. The summed E-state index contributed by atoms with van der Waals surface area (Å²) in [5.41, 5.74) is -0.110. The van der Waals surface area contributed by atoms with Gasteiger partial charge in [0.15, 0.2) is 5.96 Å². The zero-order valence-corrected chi connectivity index (χ0v) is 15.6. The molecule has 2 aliphatic heterocycles. The third-order valence-electron chi connectivity index (χ3n) is 5.51. The maximum Gasteiger partial charge on any atom is 0.194 e. The average Bonchev–Trinajstić information content (AvgIpc) is 3.17. The number of aliphatic hydroxyl groups is 1. The van der Waals surface area contributed by atoms with Gasteiger partial charge in [-0.25, -0.2) is 0 Å². The highest BCUT2D eigenvalue weighted by atomic mass is 16.5. The Morgan fingerprint density at radius 3 is 2.54 bits per heavy atom. The Balaban J connectivity index is 2.03. The van der Waals surface area contributed by atoms with E-state index in [4.69, 9.17) is 14.5 Å². The molecule has 2 fully saturated rings. The van der Waals surface area contributed by atoms with Crippen LogP contribution >= 0.6 is 0 Å². The Labute approximate surface area is 146 Å². The minimum absolute atomic E-state index is 0.110. The summed E-state index contributed by atoms with van der Waals surface area (Å²) in [7, 11) is 0. The Bertz CT molecular complexity index is 385. The van der Waals surface area contributed by atoms with Crippen LogP contribution in [-0.2, 0) is 9.47 Å². The monoisotopic (exact) mass is 341 g/mol. The van der Waals surface area contributed by atoms with E-state index in [9.17, 15) is 5.11 Å². The molecule has 0 saturated carbocycles. The van der Waals surface area contributed by atoms with Gasteiger partial charge in [-0.05, 0) is 32.6 Å². The topological polar surface area (TPSA) is 66.3 Å². The van der Waals surface area contributed by atoms with Crippen molar-refractivity contribution in [3.63, 3.8) is 0 Å². The van der Waals surface area contributed by atoms with Gasteiger partial charge < -0.3 is 24.8 Å². The van der Waals surface area contributed by atoms with E-state index in [1.54, 1.807) is 0 Å². The van der Waals surface area contributed by atoms with Gasteiger partial charge in [-0.3, -0.25) is 4.99 Å². The molecule has 2 aliphatic rings. The first-order valence-corrected chi connectivity index (χ1v) is 9.55. The normalized spacial score (nSPS) is 26.0. The first-order chi connectivity index (χ1) is 11.7. The predicted octanol–water partition coefficient (Wildman–Crippen LogP) is 1.63. The molecule has 6 heteroatoms. The van der Waals surface area contributed by atoms with Crippen LogP contribution in [0.15, 0.2) is 4.99 Å². The number of morpholine rings is 1. The van der Waals surface area contributed by atoms with Crippen LogP contribution in [0.4, 0.5) is 0 Å². The summed E-state index contributed by atoms with van der Waals surface area (Å²) in [5, 5.41) is 13.2. The largest absolute Gasteiger partial charge is 0.396 e. The SMILES string of the molecule is CCNC(=NCC(CC)(CC)CO)N1CCOC(C2CCCO2)C1. The fourth-order valence-corrected chi connectivity index (χ4v) is 3.40. The van der Waals surface area contributed by atoms with Crippen LogP contribution in [0.3, 0.4) is 0 Å². The number of hydrogen-bond acceptors (Lipinski definition) is 4. The minimum Gasteiger partial charge on any atom is -0.396 e. The Morgan fingerprint density at radius 1 is 1.21 bits per heavy atom. The summed E-state index contributed by atoms with van der Waals surface area (Å²) in [4.78, 5) is 7.14. The van der Waals surface area contributed by atoms with Crippen molar-refractivity contribution in [1.82, 2.24) is 10.2 Å². The lowest BCUT2D eigenvalue weighted by Crippen LogP contribution is -2.53. The lowest BCUT2D eigenvalue weighted by atomic mass is 9.83. The quantitative estimate of drug-likeness (QED) is 0.544.